The van der Waals surface area contributed by atoms with E-state index in [1.165, 1.54) is 5.57 Å². The van der Waals surface area contributed by atoms with Gasteiger partial charge in [-0.15, -0.1) is 0 Å². The number of hydrogen-bond donors (Lipinski definition) is 0. The molecule has 0 N–H and O–H groups in total. The molecule has 0 atom stereocenters. The van der Waals surface area contributed by atoms with Crippen LogP contribution in [0.1, 0.15) is 6.42 Å². The highest BCUT2D eigenvalue weighted by atomic mass is 14.0. The molecule has 0 heteroatoms. The van der Waals surface area contributed by atoms with Crippen LogP contribution in [-0.2, 0) is 0 Å². The summed E-state index contributed by atoms with van der Waals surface area (Å²) in [4.78, 5) is 0. The number of allylic oxidation sites excluding steroid dienone is 8. The summed E-state index contributed by atoms with van der Waals surface area (Å²) in [7, 11) is 0. The fourth-order valence-corrected chi connectivity index (χ4v) is 0.977. The van der Waals surface area contributed by atoms with E-state index in [4.69, 9.17) is 0 Å². The van der Waals surface area contributed by atoms with Crippen molar-refractivity contribution in [2.45, 2.75) is 6.42 Å². The SMILES string of the molecule is C=CC(C=C)=CC1=CCC=C1. The van der Waals surface area contributed by atoms with Gasteiger partial charge in [0.05, 0.1) is 0 Å². The minimum Gasteiger partial charge on any atom is -0.0985 e. The standard InChI is InChI=1S/C11H12/c1-3-10(4-2)9-11-7-5-6-8-11/h3-5,7-9H,1-2,6H2. The molecule has 0 bridgehead atoms. The van der Waals surface area contributed by atoms with E-state index in [1.54, 1.807) is 12.2 Å². The van der Waals surface area contributed by atoms with Crippen molar-refractivity contribution < 1.29 is 0 Å². The normalized spacial score (nSPS) is 14.0. The van der Waals surface area contributed by atoms with Crippen molar-refractivity contribution in [3.8, 4) is 0 Å². The van der Waals surface area contributed by atoms with E-state index in [0.717, 1.165) is 12.0 Å². The maximum absolute atomic E-state index is 3.68. The first-order chi connectivity index (χ1) is 5.36. The number of hydrogen-bond acceptors (Lipinski definition) is 0. The van der Waals surface area contributed by atoms with Crippen molar-refractivity contribution in [1.82, 2.24) is 0 Å². The summed E-state index contributed by atoms with van der Waals surface area (Å²) in [5, 5.41) is 0. The van der Waals surface area contributed by atoms with Gasteiger partial charge in [-0.3, -0.25) is 0 Å². The average Bonchev–Trinajstić information content (AvgIpc) is 2.52. The summed E-state index contributed by atoms with van der Waals surface area (Å²) >= 11 is 0. The van der Waals surface area contributed by atoms with E-state index in [-0.39, 0.29) is 0 Å². The quantitative estimate of drug-likeness (QED) is 0.534. The third-order valence-corrected chi connectivity index (χ3v) is 1.60. The molecule has 0 radical (unpaired) electrons. The molecule has 0 aliphatic heterocycles. The van der Waals surface area contributed by atoms with Crippen LogP contribution in [0.15, 0.2) is 60.8 Å². The Morgan fingerprint density at radius 2 is 2.09 bits per heavy atom. The molecule has 0 amide bonds. The number of rotatable bonds is 3. The molecule has 0 fully saturated rings. The molecule has 56 valence electrons. The Labute approximate surface area is 67.9 Å². The van der Waals surface area contributed by atoms with Gasteiger partial charge < -0.3 is 0 Å². The Morgan fingerprint density at radius 1 is 1.36 bits per heavy atom. The highest BCUT2D eigenvalue weighted by molar-refractivity contribution is 5.43. The highest BCUT2D eigenvalue weighted by Crippen LogP contribution is 2.12. The summed E-state index contributed by atoms with van der Waals surface area (Å²) in [6.07, 6.45) is 13.1. The van der Waals surface area contributed by atoms with Crippen LogP contribution in [0.3, 0.4) is 0 Å². The van der Waals surface area contributed by atoms with E-state index in [2.05, 4.69) is 37.5 Å². The molecular formula is C11H12. The van der Waals surface area contributed by atoms with E-state index >= 15 is 0 Å². The highest BCUT2D eigenvalue weighted by Gasteiger charge is 1.92. The van der Waals surface area contributed by atoms with Crippen LogP contribution in [0.2, 0.25) is 0 Å². The van der Waals surface area contributed by atoms with Crippen molar-refractivity contribution in [3.63, 3.8) is 0 Å². The smallest absolute Gasteiger partial charge is 0.0157 e. The lowest BCUT2D eigenvalue weighted by atomic mass is 10.1. The first-order valence-corrected chi connectivity index (χ1v) is 3.70. The predicted octanol–water partition coefficient (Wildman–Crippen LogP) is 3.17. The van der Waals surface area contributed by atoms with Gasteiger partial charge in [0.2, 0.25) is 0 Å². The van der Waals surface area contributed by atoms with E-state index in [0.29, 0.717) is 0 Å². The van der Waals surface area contributed by atoms with E-state index in [1.807, 2.05) is 0 Å². The zero-order valence-corrected chi connectivity index (χ0v) is 6.59. The zero-order chi connectivity index (χ0) is 8.10. The molecule has 1 aliphatic rings. The molecule has 0 saturated heterocycles. The molecule has 0 nitrogen and oxygen atoms in total. The summed E-state index contributed by atoms with van der Waals surface area (Å²) in [6, 6.07) is 0. The Morgan fingerprint density at radius 3 is 2.55 bits per heavy atom. The third-order valence-electron chi connectivity index (χ3n) is 1.60. The van der Waals surface area contributed by atoms with Gasteiger partial charge in [0.1, 0.15) is 0 Å². The molecule has 0 spiro atoms. The predicted molar refractivity (Wildman–Crippen MR) is 50.3 cm³/mol. The molecule has 0 saturated carbocycles. The van der Waals surface area contributed by atoms with Gasteiger partial charge in [-0.25, -0.2) is 0 Å². The van der Waals surface area contributed by atoms with E-state index < -0.39 is 0 Å². The zero-order valence-electron chi connectivity index (χ0n) is 6.59. The summed E-state index contributed by atoms with van der Waals surface area (Å²) in [5.41, 5.74) is 2.32. The lowest BCUT2D eigenvalue weighted by molar-refractivity contribution is 1.44. The van der Waals surface area contributed by atoms with Crippen LogP contribution in [0.5, 0.6) is 0 Å². The Balaban J connectivity index is 2.76. The topological polar surface area (TPSA) is 0 Å². The molecule has 0 heterocycles. The van der Waals surface area contributed by atoms with Gasteiger partial charge in [0.25, 0.3) is 0 Å². The van der Waals surface area contributed by atoms with Crippen LogP contribution in [-0.4, -0.2) is 0 Å². The average molecular weight is 144 g/mol. The maximum atomic E-state index is 3.68. The minimum absolute atomic E-state index is 1.05. The minimum atomic E-state index is 1.05. The third kappa shape index (κ3) is 2.08. The van der Waals surface area contributed by atoms with Gasteiger partial charge in [-0.05, 0) is 23.6 Å². The van der Waals surface area contributed by atoms with Gasteiger partial charge in [-0.1, -0.05) is 43.5 Å². The first-order valence-electron chi connectivity index (χ1n) is 3.70. The Bertz CT molecular complexity index is 239. The maximum Gasteiger partial charge on any atom is -0.0157 e. The fraction of sp³-hybridized carbons (Fsp3) is 0.0909. The first kappa shape index (κ1) is 7.80. The second-order valence-corrected chi connectivity index (χ2v) is 2.39. The van der Waals surface area contributed by atoms with Crippen molar-refractivity contribution in [1.29, 1.82) is 0 Å². The van der Waals surface area contributed by atoms with Crippen molar-refractivity contribution in [2.24, 2.45) is 0 Å². The fourth-order valence-electron chi connectivity index (χ4n) is 0.977. The van der Waals surface area contributed by atoms with Crippen LogP contribution >= 0.6 is 0 Å². The van der Waals surface area contributed by atoms with Gasteiger partial charge in [-0.2, -0.15) is 0 Å². The van der Waals surface area contributed by atoms with E-state index in [9.17, 15) is 0 Å². The van der Waals surface area contributed by atoms with Crippen LogP contribution < -0.4 is 0 Å². The van der Waals surface area contributed by atoms with Gasteiger partial charge in [0, 0.05) is 0 Å². The Hall–Kier alpha value is -1.30. The second kappa shape index (κ2) is 3.77. The van der Waals surface area contributed by atoms with Crippen molar-refractivity contribution in [3.05, 3.63) is 60.8 Å². The van der Waals surface area contributed by atoms with Crippen LogP contribution in [0, 0.1) is 0 Å². The molecule has 1 aliphatic carbocycles. The molecule has 0 aromatic rings. The largest absolute Gasteiger partial charge is 0.0985 e. The van der Waals surface area contributed by atoms with Crippen molar-refractivity contribution >= 4 is 0 Å². The monoisotopic (exact) mass is 144 g/mol. The van der Waals surface area contributed by atoms with Gasteiger partial charge in [0.15, 0.2) is 0 Å². The molecular weight excluding hydrogens is 132 g/mol. The summed E-state index contributed by atoms with van der Waals surface area (Å²) in [5.74, 6) is 0. The summed E-state index contributed by atoms with van der Waals surface area (Å²) < 4.78 is 0. The molecule has 11 heavy (non-hydrogen) atoms. The van der Waals surface area contributed by atoms with Crippen LogP contribution in [0.4, 0.5) is 0 Å². The molecule has 0 aromatic carbocycles. The Kier molecular flexibility index (Phi) is 2.67. The van der Waals surface area contributed by atoms with Gasteiger partial charge >= 0.3 is 0 Å². The summed E-state index contributed by atoms with van der Waals surface area (Å²) in [6.45, 7) is 7.37. The molecule has 1 rings (SSSR count). The molecule has 0 aromatic heterocycles. The molecule has 0 unspecified atom stereocenters. The lowest BCUT2D eigenvalue weighted by Crippen LogP contribution is -1.71. The lowest BCUT2D eigenvalue weighted by Gasteiger charge is -1.91. The van der Waals surface area contributed by atoms with Crippen molar-refractivity contribution in [2.75, 3.05) is 0 Å². The van der Waals surface area contributed by atoms with Crippen LogP contribution in [0.25, 0.3) is 0 Å². The second-order valence-electron chi connectivity index (χ2n) is 2.39.